The number of benzene rings is 2. The molecule has 0 saturated carbocycles. The van der Waals surface area contributed by atoms with Gasteiger partial charge in [-0.1, -0.05) is 32.9 Å². The number of hydrogen-bond acceptors (Lipinski definition) is 4. The number of sulfonamides is 1. The third kappa shape index (κ3) is 5.66. The monoisotopic (exact) mass is 444 g/mol. The Morgan fingerprint density at radius 3 is 2.39 bits per heavy atom. The Bertz CT molecular complexity index is 1030. The van der Waals surface area contributed by atoms with E-state index in [0.29, 0.717) is 16.8 Å². The zero-order chi connectivity index (χ0) is 22.8. The maximum atomic E-state index is 13.0. The first kappa shape index (κ1) is 23.3. The lowest BCUT2D eigenvalue weighted by atomic mass is 9.87. The second-order valence-electron chi connectivity index (χ2n) is 9.23. The highest BCUT2D eigenvalue weighted by Gasteiger charge is 2.24. The van der Waals surface area contributed by atoms with Crippen molar-refractivity contribution in [3.05, 3.63) is 59.2 Å². The average molecular weight is 445 g/mol. The lowest BCUT2D eigenvalue weighted by Gasteiger charge is -2.21. The van der Waals surface area contributed by atoms with Crippen molar-refractivity contribution in [2.45, 2.75) is 69.9 Å². The summed E-state index contributed by atoms with van der Waals surface area (Å²) in [6, 6.07) is 11.9. The van der Waals surface area contributed by atoms with Gasteiger partial charge in [0.2, 0.25) is 0 Å². The number of rotatable bonds is 6. The normalized spacial score (nSPS) is 17.9. The molecule has 2 aromatic rings. The fourth-order valence-corrected chi connectivity index (χ4v) is 4.97. The predicted octanol–water partition coefficient (Wildman–Crippen LogP) is 4.39. The van der Waals surface area contributed by atoms with Crippen LogP contribution in [0.2, 0.25) is 0 Å². The Labute approximate surface area is 185 Å². The van der Waals surface area contributed by atoms with Crippen LogP contribution in [0, 0.1) is 6.92 Å². The highest BCUT2D eigenvalue weighted by molar-refractivity contribution is 7.92. The van der Waals surface area contributed by atoms with Crippen LogP contribution < -0.4 is 10.0 Å². The van der Waals surface area contributed by atoms with Crippen molar-refractivity contribution in [2.75, 3.05) is 11.3 Å². The predicted molar refractivity (Wildman–Crippen MR) is 123 cm³/mol. The van der Waals surface area contributed by atoms with Crippen LogP contribution in [0.4, 0.5) is 5.69 Å². The molecule has 1 fully saturated rings. The maximum Gasteiger partial charge on any atom is 0.262 e. The lowest BCUT2D eigenvalue weighted by Crippen LogP contribution is -2.40. The first-order chi connectivity index (χ1) is 14.5. The van der Waals surface area contributed by atoms with Gasteiger partial charge in [0.25, 0.3) is 15.9 Å². The molecular formula is C24H32N2O4S. The molecule has 2 atom stereocenters. The quantitative estimate of drug-likeness (QED) is 0.692. The highest BCUT2D eigenvalue weighted by atomic mass is 32.2. The molecule has 2 unspecified atom stereocenters. The van der Waals surface area contributed by atoms with Gasteiger partial charge >= 0.3 is 0 Å². The zero-order valence-electron chi connectivity index (χ0n) is 18.9. The number of aryl methyl sites for hydroxylation is 1. The Morgan fingerprint density at radius 1 is 1.13 bits per heavy atom. The molecule has 6 nitrogen and oxygen atoms in total. The molecule has 0 spiro atoms. The van der Waals surface area contributed by atoms with Gasteiger partial charge in [-0.25, -0.2) is 8.42 Å². The fourth-order valence-electron chi connectivity index (χ4n) is 3.64. The van der Waals surface area contributed by atoms with Crippen LogP contribution in [0.15, 0.2) is 47.4 Å². The molecule has 0 bridgehead atoms. The van der Waals surface area contributed by atoms with Crippen molar-refractivity contribution in [3.8, 4) is 0 Å². The summed E-state index contributed by atoms with van der Waals surface area (Å²) in [4.78, 5) is 12.8. The maximum absolute atomic E-state index is 13.0. The summed E-state index contributed by atoms with van der Waals surface area (Å²) in [5.41, 5.74) is 2.35. The fraction of sp³-hybridized carbons (Fsp3) is 0.458. The summed E-state index contributed by atoms with van der Waals surface area (Å²) in [5, 5.41) is 2.96. The first-order valence-corrected chi connectivity index (χ1v) is 12.1. The van der Waals surface area contributed by atoms with Crippen molar-refractivity contribution in [1.82, 2.24) is 5.32 Å². The van der Waals surface area contributed by atoms with E-state index < -0.39 is 10.0 Å². The van der Waals surface area contributed by atoms with Crippen LogP contribution in [-0.4, -0.2) is 33.1 Å². The molecule has 1 heterocycles. The molecule has 0 aromatic heterocycles. The summed E-state index contributed by atoms with van der Waals surface area (Å²) in [5.74, 6) is -0.203. The second kappa shape index (κ2) is 9.01. The standard InChI is InChI=1S/C24H32N2O4S/c1-16-8-11-19(24(3,4)5)15-22(16)31(28,29)26-20-12-9-18(10-13-20)23(27)25-17(2)21-7-6-14-30-21/h8-13,15,17,21,26H,6-7,14H2,1-5H3,(H,25,27). The molecule has 1 aliphatic heterocycles. The minimum Gasteiger partial charge on any atom is -0.376 e. The lowest BCUT2D eigenvalue weighted by molar-refractivity contribution is 0.0712. The SMILES string of the molecule is Cc1ccc(C(C)(C)C)cc1S(=O)(=O)Nc1ccc(C(=O)NC(C)C2CCCO2)cc1. The highest BCUT2D eigenvalue weighted by Crippen LogP contribution is 2.28. The topological polar surface area (TPSA) is 84.5 Å². The molecule has 3 rings (SSSR count). The minimum absolute atomic E-state index is 0.0436. The number of carbonyl (C=O) groups is 1. The Morgan fingerprint density at radius 2 is 1.81 bits per heavy atom. The Balaban J connectivity index is 1.72. The molecule has 0 aliphatic carbocycles. The molecule has 2 N–H and O–H groups in total. The number of carbonyl (C=O) groups excluding carboxylic acids is 1. The van der Waals surface area contributed by atoms with Gasteiger partial charge in [0.1, 0.15) is 0 Å². The average Bonchev–Trinajstić information content (AvgIpc) is 3.22. The molecule has 2 aromatic carbocycles. The van der Waals surface area contributed by atoms with Gasteiger partial charge < -0.3 is 10.1 Å². The molecule has 1 saturated heterocycles. The third-order valence-electron chi connectivity index (χ3n) is 5.62. The van der Waals surface area contributed by atoms with Gasteiger partial charge in [0, 0.05) is 17.9 Å². The molecule has 31 heavy (non-hydrogen) atoms. The summed E-state index contributed by atoms with van der Waals surface area (Å²) in [6.45, 7) is 10.6. The van der Waals surface area contributed by atoms with E-state index in [1.54, 1.807) is 37.3 Å². The van der Waals surface area contributed by atoms with Crippen LogP contribution >= 0.6 is 0 Å². The van der Waals surface area contributed by atoms with E-state index in [4.69, 9.17) is 4.74 Å². The summed E-state index contributed by atoms with van der Waals surface area (Å²) >= 11 is 0. The molecule has 168 valence electrons. The van der Waals surface area contributed by atoms with Crippen LogP contribution in [0.5, 0.6) is 0 Å². The molecule has 0 radical (unpaired) electrons. The van der Waals surface area contributed by atoms with Crippen LogP contribution in [0.25, 0.3) is 0 Å². The van der Waals surface area contributed by atoms with E-state index in [0.717, 1.165) is 25.0 Å². The van der Waals surface area contributed by atoms with Crippen LogP contribution in [0.3, 0.4) is 0 Å². The van der Waals surface area contributed by atoms with Crippen molar-refractivity contribution >= 4 is 21.6 Å². The van der Waals surface area contributed by atoms with E-state index in [2.05, 4.69) is 10.0 Å². The van der Waals surface area contributed by atoms with E-state index in [9.17, 15) is 13.2 Å². The summed E-state index contributed by atoms with van der Waals surface area (Å²) in [7, 11) is -3.76. The van der Waals surface area contributed by atoms with Crippen molar-refractivity contribution in [2.24, 2.45) is 0 Å². The minimum atomic E-state index is -3.76. The smallest absolute Gasteiger partial charge is 0.262 e. The van der Waals surface area contributed by atoms with Crippen LogP contribution in [0.1, 0.15) is 62.0 Å². The number of hydrogen-bond donors (Lipinski definition) is 2. The molecule has 1 aliphatic rings. The van der Waals surface area contributed by atoms with Crippen molar-refractivity contribution in [1.29, 1.82) is 0 Å². The van der Waals surface area contributed by atoms with Gasteiger partial charge in [-0.3, -0.25) is 9.52 Å². The van der Waals surface area contributed by atoms with Gasteiger partial charge in [-0.15, -0.1) is 0 Å². The molecular weight excluding hydrogens is 412 g/mol. The van der Waals surface area contributed by atoms with Gasteiger partial charge in [0.15, 0.2) is 0 Å². The van der Waals surface area contributed by atoms with Crippen molar-refractivity contribution < 1.29 is 17.9 Å². The second-order valence-corrected chi connectivity index (χ2v) is 10.9. The van der Waals surface area contributed by atoms with E-state index >= 15 is 0 Å². The summed E-state index contributed by atoms with van der Waals surface area (Å²) < 4.78 is 34.3. The van der Waals surface area contributed by atoms with Gasteiger partial charge in [0.05, 0.1) is 17.0 Å². The number of anilines is 1. The van der Waals surface area contributed by atoms with Crippen molar-refractivity contribution in [3.63, 3.8) is 0 Å². The van der Waals surface area contributed by atoms with E-state index in [-0.39, 0.29) is 28.4 Å². The van der Waals surface area contributed by atoms with Gasteiger partial charge in [-0.2, -0.15) is 0 Å². The Kier molecular flexibility index (Phi) is 6.76. The van der Waals surface area contributed by atoms with Gasteiger partial charge in [-0.05, 0) is 73.6 Å². The summed E-state index contributed by atoms with van der Waals surface area (Å²) in [6.07, 6.45) is 2.00. The largest absolute Gasteiger partial charge is 0.376 e. The van der Waals surface area contributed by atoms with Crippen LogP contribution in [-0.2, 0) is 20.2 Å². The third-order valence-corrected chi connectivity index (χ3v) is 7.15. The Hall–Kier alpha value is -2.38. The molecule has 1 amide bonds. The first-order valence-electron chi connectivity index (χ1n) is 10.6. The zero-order valence-corrected chi connectivity index (χ0v) is 19.7. The molecule has 7 heteroatoms. The van der Waals surface area contributed by atoms with E-state index in [1.807, 2.05) is 39.8 Å². The number of nitrogens with one attached hydrogen (secondary N) is 2. The number of ether oxygens (including phenoxy) is 1. The van der Waals surface area contributed by atoms with E-state index in [1.165, 1.54) is 0 Å². The number of amides is 1.